The topological polar surface area (TPSA) is 57.7 Å². The first kappa shape index (κ1) is 16.4. The quantitative estimate of drug-likeness (QED) is 0.742. The molecule has 0 bridgehead atoms. The van der Waals surface area contributed by atoms with Crippen molar-refractivity contribution in [3.63, 3.8) is 0 Å². The number of para-hydroxylation sites is 1. The van der Waals surface area contributed by atoms with Crippen molar-refractivity contribution in [2.45, 2.75) is 25.3 Å². The normalized spacial score (nSPS) is 19.7. The third kappa shape index (κ3) is 2.58. The Labute approximate surface area is 150 Å². The van der Waals surface area contributed by atoms with Gasteiger partial charge in [-0.1, -0.05) is 12.1 Å². The second kappa shape index (κ2) is 6.37. The van der Waals surface area contributed by atoms with Gasteiger partial charge in [-0.3, -0.25) is 14.4 Å². The zero-order valence-electron chi connectivity index (χ0n) is 14.0. The fourth-order valence-electron chi connectivity index (χ4n) is 3.63. The number of nitrogens with zero attached hydrogens (tertiary/aromatic N) is 2. The molecule has 3 amide bonds. The minimum atomic E-state index is -0.645. The molecule has 2 aromatic rings. The number of amides is 3. The largest absolute Gasteiger partial charge is 0.327 e. The smallest absolute Gasteiger partial charge is 0.265 e. The van der Waals surface area contributed by atoms with Gasteiger partial charge in [0.25, 0.3) is 17.7 Å². The van der Waals surface area contributed by atoms with Crippen molar-refractivity contribution < 1.29 is 18.8 Å². The Bertz CT molecular complexity index is 894. The van der Waals surface area contributed by atoms with E-state index in [9.17, 15) is 18.8 Å². The fourth-order valence-corrected chi connectivity index (χ4v) is 3.63. The van der Waals surface area contributed by atoms with Crippen LogP contribution in [-0.4, -0.2) is 35.2 Å². The highest BCUT2D eigenvalue weighted by Gasteiger charge is 2.42. The molecule has 2 heterocycles. The molecule has 0 saturated carbocycles. The van der Waals surface area contributed by atoms with E-state index in [0.717, 1.165) is 17.7 Å². The Morgan fingerprint density at radius 2 is 1.73 bits per heavy atom. The lowest BCUT2D eigenvalue weighted by Crippen LogP contribution is -2.52. The second-order valence-electron chi connectivity index (χ2n) is 6.51. The van der Waals surface area contributed by atoms with Crippen LogP contribution in [0.1, 0.15) is 40.0 Å². The van der Waals surface area contributed by atoms with Gasteiger partial charge in [0.2, 0.25) is 0 Å². The van der Waals surface area contributed by atoms with Gasteiger partial charge in [-0.2, -0.15) is 0 Å². The van der Waals surface area contributed by atoms with E-state index in [1.807, 2.05) is 0 Å². The van der Waals surface area contributed by atoms with E-state index in [-0.39, 0.29) is 17.2 Å². The first-order chi connectivity index (χ1) is 12.6. The number of hydrogen-bond donors (Lipinski definition) is 0. The maximum atomic E-state index is 13.2. The van der Waals surface area contributed by atoms with Crippen LogP contribution >= 0.6 is 0 Å². The Kier molecular flexibility index (Phi) is 4.03. The molecule has 4 rings (SSSR count). The molecule has 132 valence electrons. The number of carbonyl (C=O) groups is 3. The number of rotatable bonds is 1. The highest BCUT2D eigenvalue weighted by molar-refractivity contribution is 6.26. The summed E-state index contributed by atoms with van der Waals surface area (Å²) >= 11 is 0. The Balaban J connectivity index is 1.85. The maximum Gasteiger partial charge on any atom is 0.265 e. The number of fused-ring (bicyclic) bond motifs is 2. The molecular formula is C20H17FN2O3. The van der Waals surface area contributed by atoms with Crippen molar-refractivity contribution in [2.75, 3.05) is 11.4 Å². The summed E-state index contributed by atoms with van der Waals surface area (Å²) in [6.45, 7) is 0.502. The van der Waals surface area contributed by atoms with Crippen molar-refractivity contribution in [3.05, 3.63) is 65.5 Å². The van der Waals surface area contributed by atoms with Crippen molar-refractivity contribution in [3.8, 4) is 0 Å². The molecule has 0 unspecified atom stereocenters. The zero-order valence-corrected chi connectivity index (χ0v) is 14.0. The Morgan fingerprint density at radius 3 is 2.50 bits per heavy atom. The maximum absolute atomic E-state index is 13.2. The number of imide groups is 1. The number of hydrogen-bond acceptors (Lipinski definition) is 3. The van der Waals surface area contributed by atoms with Crippen LogP contribution in [0.4, 0.5) is 10.1 Å². The van der Waals surface area contributed by atoms with E-state index < -0.39 is 23.7 Å². The summed E-state index contributed by atoms with van der Waals surface area (Å²) in [7, 11) is 0. The second-order valence-corrected chi connectivity index (χ2v) is 6.51. The first-order valence-corrected chi connectivity index (χ1v) is 8.62. The summed E-state index contributed by atoms with van der Waals surface area (Å²) in [4.78, 5) is 41.9. The molecule has 0 spiro atoms. The molecule has 2 aliphatic heterocycles. The van der Waals surface area contributed by atoms with Crippen LogP contribution in [-0.2, 0) is 4.79 Å². The molecule has 0 radical (unpaired) electrons. The van der Waals surface area contributed by atoms with E-state index in [0.29, 0.717) is 18.5 Å². The van der Waals surface area contributed by atoms with Gasteiger partial charge in [0.1, 0.15) is 11.9 Å². The van der Waals surface area contributed by atoms with Gasteiger partial charge < -0.3 is 4.90 Å². The molecule has 0 N–H and O–H groups in total. The van der Waals surface area contributed by atoms with Gasteiger partial charge in [0, 0.05) is 12.1 Å². The van der Waals surface area contributed by atoms with Crippen molar-refractivity contribution >= 4 is 23.4 Å². The average molecular weight is 352 g/mol. The van der Waals surface area contributed by atoms with Gasteiger partial charge in [0.05, 0.1) is 11.3 Å². The third-order valence-electron chi connectivity index (χ3n) is 4.94. The van der Waals surface area contributed by atoms with Crippen LogP contribution in [0.3, 0.4) is 0 Å². The minimum Gasteiger partial charge on any atom is -0.327 e. The fraction of sp³-hybridized carbons (Fsp3) is 0.250. The van der Waals surface area contributed by atoms with Crippen molar-refractivity contribution in [1.29, 1.82) is 0 Å². The summed E-state index contributed by atoms with van der Waals surface area (Å²) in [5.41, 5.74) is 0.818. The van der Waals surface area contributed by atoms with E-state index in [1.54, 1.807) is 29.2 Å². The lowest BCUT2D eigenvalue weighted by atomic mass is 10.0. The van der Waals surface area contributed by atoms with Crippen LogP contribution in [0.15, 0.2) is 48.5 Å². The summed E-state index contributed by atoms with van der Waals surface area (Å²) in [6, 6.07) is 11.0. The molecule has 2 aromatic carbocycles. The van der Waals surface area contributed by atoms with Gasteiger partial charge in [-0.05, 0) is 55.7 Å². The molecule has 2 aliphatic rings. The van der Waals surface area contributed by atoms with Crippen LogP contribution in [0.2, 0.25) is 0 Å². The average Bonchev–Trinajstić information content (AvgIpc) is 2.76. The molecule has 0 aromatic heterocycles. The predicted molar refractivity (Wildman–Crippen MR) is 93.3 cm³/mol. The van der Waals surface area contributed by atoms with E-state index in [4.69, 9.17) is 0 Å². The number of piperidine rings is 1. The van der Waals surface area contributed by atoms with E-state index >= 15 is 0 Å². The van der Waals surface area contributed by atoms with Gasteiger partial charge in [0.15, 0.2) is 0 Å². The standard InChI is InChI=1S/C20H17FN2O3/c21-14-10-8-13(9-11-14)18(24)23-16-6-2-1-5-15(16)19(25)22-12-4-3-7-17(22)20(23)26/h1-2,5-6,8-11,17H,3-4,7,12H2/t17-/m1/s1. The lowest BCUT2D eigenvalue weighted by molar-refractivity contribution is -0.123. The lowest BCUT2D eigenvalue weighted by Gasteiger charge is -2.34. The van der Waals surface area contributed by atoms with Crippen LogP contribution in [0.5, 0.6) is 0 Å². The van der Waals surface area contributed by atoms with Gasteiger partial charge in [-0.25, -0.2) is 9.29 Å². The monoisotopic (exact) mass is 352 g/mol. The first-order valence-electron chi connectivity index (χ1n) is 8.62. The number of carbonyl (C=O) groups excluding carboxylic acids is 3. The summed E-state index contributed by atoms with van der Waals surface area (Å²) < 4.78 is 13.2. The van der Waals surface area contributed by atoms with Crippen LogP contribution < -0.4 is 4.90 Å². The summed E-state index contributed by atoms with van der Waals surface area (Å²) in [5, 5.41) is 0. The number of anilines is 1. The molecule has 1 atom stereocenters. The molecule has 1 saturated heterocycles. The SMILES string of the molecule is O=C(c1ccc(F)cc1)N1C(=O)[C@H]2CCCCN2C(=O)c2ccccc21. The molecular weight excluding hydrogens is 335 g/mol. The highest BCUT2D eigenvalue weighted by atomic mass is 19.1. The van der Waals surface area contributed by atoms with Gasteiger partial charge in [-0.15, -0.1) is 0 Å². The summed E-state index contributed by atoms with van der Waals surface area (Å²) in [6.07, 6.45) is 2.20. The molecule has 1 fully saturated rings. The van der Waals surface area contributed by atoms with E-state index in [1.165, 1.54) is 24.3 Å². The predicted octanol–water partition coefficient (Wildman–Crippen LogP) is 3.01. The van der Waals surface area contributed by atoms with Crippen molar-refractivity contribution in [1.82, 2.24) is 4.90 Å². The minimum absolute atomic E-state index is 0.200. The molecule has 0 aliphatic carbocycles. The number of benzene rings is 2. The van der Waals surface area contributed by atoms with Crippen molar-refractivity contribution in [2.24, 2.45) is 0 Å². The molecule has 6 heteroatoms. The third-order valence-corrected chi connectivity index (χ3v) is 4.94. The molecule has 5 nitrogen and oxygen atoms in total. The summed E-state index contributed by atoms with van der Waals surface area (Å²) in [5.74, 6) is -1.65. The van der Waals surface area contributed by atoms with Crippen LogP contribution in [0, 0.1) is 5.82 Å². The number of halogens is 1. The van der Waals surface area contributed by atoms with E-state index in [2.05, 4.69) is 0 Å². The Morgan fingerprint density at radius 1 is 1.00 bits per heavy atom. The zero-order chi connectivity index (χ0) is 18.3. The Hall–Kier alpha value is -3.02. The highest BCUT2D eigenvalue weighted by Crippen LogP contribution is 2.32. The van der Waals surface area contributed by atoms with Gasteiger partial charge >= 0.3 is 0 Å². The van der Waals surface area contributed by atoms with Crippen LogP contribution in [0.25, 0.3) is 0 Å². The molecule has 26 heavy (non-hydrogen) atoms.